The van der Waals surface area contributed by atoms with Gasteiger partial charge in [0.25, 0.3) is 0 Å². The van der Waals surface area contributed by atoms with Crippen LogP contribution < -0.4 is 15.0 Å². The van der Waals surface area contributed by atoms with Crippen LogP contribution in [0.3, 0.4) is 0 Å². The van der Waals surface area contributed by atoms with E-state index in [1.165, 1.54) is 16.7 Å². The van der Waals surface area contributed by atoms with Crippen LogP contribution in [-0.2, 0) is 11.3 Å². The molecule has 1 aromatic carbocycles. The number of imidazole rings is 1. The predicted molar refractivity (Wildman–Crippen MR) is 134 cm³/mol. The lowest BCUT2D eigenvalue weighted by molar-refractivity contribution is -0.199. The minimum Gasteiger partial charge on any atom is -0.454 e. The zero-order chi connectivity index (χ0) is 26.7. The fraction of sp³-hybridized carbons (Fsp3) is 0.500. The molecule has 202 valence electrons. The van der Waals surface area contributed by atoms with Crippen molar-refractivity contribution in [2.75, 3.05) is 19.9 Å². The quantitative estimate of drug-likeness (QED) is 0.412. The number of benzene rings is 1. The largest absolute Gasteiger partial charge is 0.454 e. The second kappa shape index (κ2) is 9.47. The molecule has 0 unspecified atom stereocenters. The Balaban J connectivity index is 1.11. The number of aromatic nitrogens is 4. The molecule has 0 radical (unpaired) electrons. The van der Waals surface area contributed by atoms with Crippen molar-refractivity contribution >= 4 is 44.8 Å². The van der Waals surface area contributed by atoms with Gasteiger partial charge in [0, 0.05) is 29.0 Å². The third kappa shape index (κ3) is 4.55. The summed E-state index contributed by atoms with van der Waals surface area (Å²) in [6, 6.07) is 3.71. The fourth-order valence-electron chi connectivity index (χ4n) is 5.05. The van der Waals surface area contributed by atoms with Gasteiger partial charge in [-0.1, -0.05) is 11.8 Å². The molecular formula is C24H24BrF3N6O3S. The molecule has 38 heavy (non-hydrogen) atoms. The van der Waals surface area contributed by atoms with Crippen molar-refractivity contribution in [3.05, 3.63) is 28.4 Å². The average Bonchev–Trinajstić information content (AvgIpc) is 3.42. The van der Waals surface area contributed by atoms with E-state index in [9.17, 15) is 18.0 Å². The van der Waals surface area contributed by atoms with Crippen LogP contribution in [0.4, 0.5) is 13.2 Å². The number of nitrogens with one attached hydrogen (secondary N) is 2. The minimum absolute atomic E-state index is 0.0887. The normalized spacial score (nSPS) is 18.8. The SMILES string of the molecule is N=c1ncn(CCC2CCN(C(=O)C3(C(F)(F)F)CC3)CC2)c2nc(Sc3cc4c(cc3Br)OCO4)[nH]c12. The molecule has 1 aliphatic carbocycles. The summed E-state index contributed by atoms with van der Waals surface area (Å²) in [6.45, 7) is 1.47. The summed E-state index contributed by atoms with van der Waals surface area (Å²) in [5.74, 6) is 0.841. The second-order valence-corrected chi connectivity index (χ2v) is 11.8. The van der Waals surface area contributed by atoms with Crippen molar-refractivity contribution in [3.63, 3.8) is 0 Å². The zero-order valence-corrected chi connectivity index (χ0v) is 22.5. The van der Waals surface area contributed by atoms with Crippen molar-refractivity contribution in [1.82, 2.24) is 24.4 Å². The first-order valence-electron chi connectivity index (χ1n) is 12.3. The summed E-state index contributed by atoms with van der Waals surface area (Å²) < 4.78 is 53.6. The van der Waals surface area contributed by atoms with Gasteiger partial charge in [0.05, 0.1) is 6.33 Å². The Morgan fingerprint density at radius 3 is 2.63 bits per heavy atom. The highest BCUT2D eigenvalue weighted by Crippen LogP contribution is 2.58. The number of H-pyrrole nitrogens is 1. The van der Waals surface area contributed by atoms with Gasteiger partial charge in [-0.05, 0) is 66.1 Å². The number of aryl methyl sites for hydroxylation is 1. The third-order valence-electron chi connectivity index (χ3n) is 7.51. The standard InChI is InChI=1S/C24H24BrF3N6O3S/c25-14-9-15-16(37-12-36-15)10-17(14)38-22-31-18-19(29)30-11-34(20(18)32-22)8-3-13-1-6-33(7-2-13)21(35)23(4-5-23)24(26,27)28/h9-11,13,29H,1-8,12H2,(H,31,32). The Labute approximate surface area is 227 Å². The number of hydrogen-bond donors (Lipinski definition) is 2. The zero-order valence-electron chi connectivity index (χ0n) is 20.1. The number of piperidine rings is 1. The van der Waals surface area contributed by atoms with Gasteiger partial charge in [-0.15, -0.1) is 0 Å². The summed E-state index contributed by atoms with van der Waals surface area (Å²) in [7, 11) is 0. The maximum atomic E-state index is 13.3. The smallest absolute Gasteiger partial charge is 0.403 e. The molecule has 14 heteroatoms. The second-order valence-electron chi connectivity index (χ2n) is 9.87. The monoisotopic (exact) mass is 612 g/mol. The fourth-order valence-corrected chi connectivity index (χ4v) is 6.43. The Hall–Kier alpha value is -2.74. The molecule has 6 rings (SSSR count). The number of fused-ring (bicyclic) bond motifs is 2. The number of amides is 1. The summed E-state index contributed by atoms with van der Waals surface area (Å²) in [5, 5.41) is 8.81. The topological polar surface area (TPSA) is 109 Å². The number of carbonyl (C=O) groups excluding carboxylic acids is 1. The molecule has 2 fully saturated rings. The molecule has 1 saturated heterocycles. The number of halogens is 4. The van der Waals surface area contributed by atoms with Gasteiger partial charge in [0.2, 0.25) is 12.7 Å². The third-order valence-corrected chi connectivity index (χ3v) is 9.38. The van der Waals surface area contributed by atoms with Crippen LogP contribution in [0, 0.1) is 16.7 Å². The van der Waals surface area contributed by atoms with Crippen molar-refractivity contribution in [2.24, 2.45) is 11.3 Å². The summed E-state index contributed by atoms with van der Waals surface area (Å²) in [6.07, 6.45) is -0.990. The molecule has 0 spiro atoms. The average molecular weight is 613 g/mol. The van der Waals surface area contributed by atoms with E-state index < -0.39 is 17.5 Å². The summed E-state index contributed by atoms with van der Waals surface area (Å²) >= 11 is 4.94. The van der Waals surface area contributed by atoms with Crippen LogP contribution in [0.1, 0.15) is 32.1 Å². The molecule has 2 N–H and O–H groups in total. The lowest BCUT2D eigenvalue weighted by Crippen LogP contribution is -2.47. The van der Waals surface area contributed by atoms with Crippen molar-refractivity contribution in [1.29, 1.82) is 5.41 Å². The number of nitrogens with zero attached hydrogens (tertiary/aromatic N) is 4. The van der Waals surface area contributed by atoms with Gasteiger partial charge >= 0.3 is 6.18 Å². The van der Waals surface area contributed by atoms with Gasteiger partial charge in [-0.3, -0.25) is 10.2 Å². The maximum absolute atomic E-state index is 13.3. The molecule has 2 aromatic heterocycles. The van der Waals surface area contributed by atoms with E-state index >= 15 is 0 Å². The van der Waals surface area contributed by atoms with E-state index in [4.69, 9.17) is 19.9 Å². The minimum atomic E-state index is -4.47. The molecule has 3 aliphatic rings. The van der Waals surface area contributed by atoms with Crippen LogP contribution in [-0.4, -0.2) is 56.4 Å². The van der Waals surface area contributed by atoms with E-state index in [1.54, 1.807) is 6.33 Å². The molecule has 9 nitrogen and oxygen atoms in total. The number of alkyl halides is 3. The van der Waals surface area contributed by atoms with Gasteiger partial charge in [-0.25, -0.2) is 9.97 Å². The van der Waals surface area contributed by atoms with Crippen molar-refractivity contribution in [3.8, 4) is 11.5 Å². The van der Waals surface area contributed by atoms with Gasteiger partial charge in [0.1, 0.15) is 10.9 Å². The van der Waals surface area contributed by atoms with E-state index in [0.717, 1.165) is 15.8 Å². The molecule has 3 aromatic rings. The van der Waals surface area contributed by atoms with E-state index in [0.29, 0.717) is 60.3 Å². The van der Waals surface area contributed by atoms with Crippen molar-refractivity contribution < 1.29 is 27.4 Å². The van der Waals surface area contributed by atoms with Crippen molar-refractivity contribution in [2.45, 2.75) is 54.9 Å². The van der Waals surface area contributed by atoms with Crippen LogP contribution in [0.25, 0.3) is 11.2 Å². The number of carbonyl (C=O) groups is 1. The van der Waals surface area contributed by atoms with Gasteiger partial charge in [0.15, 0.2) is 27.8 Å². The number of rotatable bonds is 6. The van der Waals surface area contributed by atoms with Crippen LogP contribution >= 0.6 is 27.7 Å². The Morgan fingerprint density at radius 2 is 1.95 bits per heavy atom. The van der Waals surface area contributed by atoms with Gasteiger partial charge in [-0.2, -0.15) is 13.2 Å². The highest BCUT2D eigenvalue weighted by Gasteiger charge is 2.69. The molecule has 0 atom stereocenters. The molecule has 0 bridgehead atoms. The molecule has 4 heterocycles. The predicted octanol–water partition coefficient (Wildman–Crippen LogP) is 4.85. The first kappa shape index (κ1) is 25.5. The van der Waals surface area contributed by atoms with E-state index in [2.05, 4.69) is 25.9 Å². The number of ether oxygens (including phenoxy) is 2. The number of hydrogen-bond acceptors (Lipinski definition) is 7. The highest BCUT2D eigenvalue weighted by molar-refractivity contribution is 9.10. The van der Waals surface area contributed by atoms with E-state index in [1.807, 2.05) is 16.7 Å². The lowest BCUT2D eigenvalue weighted by atomic mass is 9.92. The highest BCUT2D eigenvalue weighted by atomic mass is 79.9. The molecular weight excluding hydrogens is 589 g/mol. The lowest BCUT2D eigenvalue weighted by Gasteiger charge is -2.35. The Kier molecular flexibility index (Phi) is 6.36. The molecule has 2 aliphatic heterocycles. The summed E-state index contributed by atoms with van der Waals surface area (Å²) in [4.78, 5) is 26.9. The first-order valence-corrected chi connectivity index (χ1v) is 13.9. The van der Waals surface area contributed by atoms with Crippen LogP contribution in [0.5, 0.6) is 11.5 Å². The maximum Gasteiger partial charge on any atom is 0.403 e. The molecule has 1 saturated carbocycles. The van der Waals surface area contributed by atoms with Crippen LogP contribution in [0.2, 0.25) is 0 Å². The van der Waals surface area contributed by atoms with Gasteiger partial charge < -0.3 is 23.9 Å². The number of aromatic amines is 1. The first-order chi connectivity index (χ1) is 18.1. The summed E-state index contributed by atoms with van der Waals surface area (Å²) in [5.41, 5.74) is -0.922. The van der Waals surface area contributed by atoms with Crippen LogP contribution in [0.15, 0.2) is 33.0 Å². The van der Waals surface area contributed by atoms with E-state index in [-0.39, 0.29) is 31.0 Å². The molecule has 1 amide bonds. The number of likely N-dealkylation sites (tertiary alicyclic amines) is 1. The Morgan fingerprint density at radius 1 is 1.24 bits per heavy atom. The Bertz CT molecular complexity index is 1460.